The Kier molecular flexibility index (Phi) is 46.8. The number of nitrogen functional groups attached to an aromatic ring is 1. The fourth-order valence-corrected chi connectivity index (χ4v) is 13.3. The number of aliphatic hydroxyl groups excluding tert-OH is 2. The predicted molar refractivity (Wildman–Crippen MR) is 483 cm³/mol. The van der Waals surface area contributed by atoms with Crippen LogP contribution in [-0.4, -0.2) is 292 Å². The first-order chi connectivity index (χ1) is 65.2. The summed E-state index contributed by atoms with van der Waals surface area (Å²) in [6, 6.07) is 1.32. The lowest BCUT2D eigenvalue weighted by Gasteiger charge is -2.25. The lowest BCUT2D eigenvalue weighted by Crippen LogP contribution is -2.59. The van der Waals surface area contributed by atoms with Gasteiger partial charge in [-0.05, 0) is 128 Å². The molecule has 0 spiro atoms. The van der Waals surface area contributed by atoms with Crippen molar-refractivity contribution in [1.82, 2.24) is 119 Å². The van der Waals surface area contributed by atoms with Gasteiger partial charge in [-0.3, -0.25) is 86.4 Å². The Hall–Kier alpha value is -14.4. The van der Waals surface area contributed by atoms with Crippen LogP contribution in [0.2, 0.25) is 0 Å². The molecule has 5 aromatic heterocycles. The maximum atomic E-state index is 14.7. The average Bonchev–Trinajstić information content (AvgIpc) is 0.856. The third kappa shape index (κ3) is 40.6. The number of nitrogens with one attached hydrogen (secondary N) is 16. The highest BCUT2D eigenvalue weighted by Gasteiger charge is 2.35. The first-order valence-corrected chi connectivity index (χ1v) is 44.1. The van der Waals surface area contributed by atoms with Gasteiger partial charge in [-0.15, -0.1) is 5.10 Å². The van der Waals surface area contributed by atoms with Crippen molar-refractivity contribution >= 4 is 111 Å². The molecular formula is C85H122N28O23. The van der Waals surface area contributed by atoms with Gasteiger partial charge in [0.1, 0.15) is 67.6 Å². The summed E-state index contributed by atoms with van der Waals surface area (Å²) in [6.07, 6.45) is 8.89. The zero-order chi connectivity index (χ0) is 98.9. The lowest BCUT2D eigenvalue weighted by atomic mass is 10.1. The zero-order valence-corrected chi connectivity index (χ0v) is 75.7. The normalized spacial score (nSPS) is 13.4. The molecule has 51 heteroatoms. The molecule has 51 nitrogen and oxygen atoms in total. The number of ether oxygens (including phenoxy) is 3. The summed E-state index contributed by atoms with van der Waals surface area (Å²) in [5.41, 5.74) is 20.2. The number of hydrogen-bond donors (Lipinski definition) is 23. The third-order valence-corrected chi connectivity index (χ3v) is 20.6. The van der Waals surface area contributed by atoms with Crippen LogP contribution in [0.15, 0.2) is 90.8 Å². The highest BCUT2D eigenvalue weighted by Crippen LogP contribution is 2.17. The Balaban J connectivity index is 0.926. The quantitative estimate of drug-likeness (QED) is 0.0125. The number of H-pyrrole nitrogens is 3. The van der Waals surface area contributed by atoms with Crippen LogP contribution in [0, 0.1) is 6.92 Å². The molecule has 0 saturated carbocycles. The molecule has 0 aliphatic rings. The van der Waals surface area contributed by atoms with E-state index in [0.717, 1.165) is 17.5 Å². The lowest BCUT2D eigenvalue weighted by molar-refractivity contribution is -0.140. The van der Waals surface area contributed by atoms with Crippen molar-refractivity contribution in [1.29, 1.82) is 0 Å². The summed E-state index contributed by atoms with van der Waals surface area (Å²) in [5.74, 6) is -7.27. The van der Waals surface area contributed by atoms with Crippen LogP contribution in [-0.2, 0) is 125 Å². The number of aryl methyl sites for hydroxylation is 3. The number of benzene rings is 2. The second-order valence-electron chi connectivity index (χ2n) is 31.8. The number of anilines is 2. The highest BCUT2D eigenvalue weighted by molar-refractivity contribution is 5.98. The van der Waals surface area contributed by atoms with Crippen molar-refractivity contribution in [2.75, 3.05) is 83.5 Å². The number of aromatic nitrogens is 11. The van der Waals surface area contributed by atoms with Gasteiger partial charge in [0.2, 0.25) is 82.7 Å². The Labute approximate surface area is 779 Å². The molecule has 2 aromatic carbocycles. The van der Waals surface area contributed by atoms with E-state index in [9.17, 15) is 92.0 Å². The number of imidazole rings is 2. The molecule has 740 valence electrons. The van der Waals surface area contributed by atoms with E-state index in [1.165, 1.54) is 80.2 Å². The molecule has 0 aliphatic heterocycles. The number of amides is 14. The number of unbranched alkanes of at least 4 members (excludes halogenated alkanes) is 3. The molecule has 5 heterocycles. The second kappa shape index (κ2) is 58.6. The summed E-state index contributed by atoms with van der Waals surface area (Å²) in [5, 5.41) is 72.9. The van der Waals surface area contributed by atoms with E-state index in [-0.39, 0.29) is 157 Å². The number of carbonyl (C=O) groups is 15. The van der Waals surface area contributed by atoms with Gasteiger partial charge in [0.25, 0.3) is 11.5 Å². The molecular weight excluding hydrogens is 1780 g/mol. The molecule has 27 N–H and O–H groups in total. The number of carboxylic acids is 1. The topological polar surface area (TPSA) is 774 Å². The monoisotopic (exact) mass is 1900 g/mol. The van der Waals surface area contributed by atoms with Crippen molar-refractivity contribution in [3.63, 3.8) is 0 Å². The minimum absolute atomic E-state index is 0.00944. The number of nitrogens with two attached hydrogens (primary N) is 4. The Morgan fingerprint density at radius 2 is 1.10 bits per heavy atom. The first-order valence-electron chi connectivity index (χ1n) is 44.1. The van der Waals surface area contributed by atoms with Crippen molar-refractivity contribution in [2.45, 2.75) is 210 Å². The molecule has 0 radical (unpaired) electrons. The number of rotatable bonds is 66. The standard InChI is InChI=1S/C85H122N28O23/c1-49-16-18-52(19-17-49)11-10-15-67(116)92-26-8-5-13-61(79(126)103-59(73(86)121)12-4-7-27-93-70(119)46-136-89)101-71(120)45-135-34-33-134-32-31-133-30-28-94-78(125)60(104-76(123)51(3)99-69(118)35-50(2)115)14-6-9-29-113-43-57(111-112-113)38-64(80(127)107-65(37-56-40-91-48-98-56)81(128)108-66(44-114)82(129)106-63(74(87)122)36-55-39-90-47-97-55)102-68(117)25-24-62(84(131)132)105-77(124)53-20-22-54(23-21-53)95-41-58-42-96-75-72(100-58)83(130)110-85(88)109-75/h16-23,39-40,42-43,47-48,50-51,59-66,95,114-115H,4-15,24-38,41,44-46,89H2,1-3H3,(H2,86,121)(H2,87,122)(H,90,97)(H,91,98)(H,92,116)(H,93,119)(H,94,125)(H,99,118)(H,101,120)(H,102,117)(H,103,126)(H,104,123)(H,105,124)(H,106,129)(H,107,127)(H,108,128)(H,131,132)(H3,88,96,109,110,130)/t50-,51+,59-,60-,61-,62-,63+,64-,65+,66+/m0/s1. The molecule has 0 saturated heterocycles. The summed E-state index contributed by atoms with van der Waals surface area (Å²) < 4.78 is 18.2. The Bertz CT molecular complexity index is 5100. The van der Waals surface area contributed by atoms with Gasteiger partial charge < -0.3 is 126 Å². The number of carbonyl (C=O) groups excluding carboxylic acids is 14. The minimum atomic E-state index is -1.74. The van der Waals surface area contributed by atoms with Crippen molar-refractivity contribution in [3.8, 4) is 0 Å². The van der Waals surface area contributed by atoms with E-state index in [0.29, 0.717) is 62.1 Å². The van der Waals surface area contributed by atoms with Crippen LogP contribution in [0.1, 0.15) is 148 Å². The third-order valence-electron chi connectivity index (χ3n) is 20.6. The number of primary amides is 2. The molecule has 14 amide bonds. The molecule has 0 fully saturated rings. The number of fused-ring (bicyclic) bond motifs is 1. The van der Waals surface area contributed by atoms with Gasteiger partial charge in [-0.1, -0.05) is 35.0 Å². The number of aliphatic hydroxyl groups is 2. The van der Waals surface area contributed by atoms with Crippen molar-refractivity contribution < 1.29 is 106 Å². The van der Waals surface area contributed by atoms with Crippen LogP contribution in [0.5, 0.6) is 0 Å². The summed E-state index contributed by atoms with van der Waals surface area (Å²) >= 11 is 0. The second-order valence-corrected chi connectivity index (χ2v) is 31.8. The Morgan fingerprint density at radius 3 is 1.73 bits per heavy atom. The fraction of sp³-hybridized carbons (Fsp3) is 0.518. The molecule has 0 aliphatic carbocycles. The van der Waals surface area contributed by atoms with Crippen LogP contribution < -0.4 is 97.8 Å². The van der Waals surface area contributed by atoms with Crippen molar-refractivity contribution in [2.24, 2.45) is 17.4 Å². The van der Waals surface area contributed by atoms with Crippen LogP contribution >= 0.6 is 0 Å². The van der Waals surface area contributed by atoms with Crippen LogP contribution in [0.4, 0.5) is 11.6 Å². The van der Waals surface area contributed by atoms with Crippen molar-refractivity contribution in [3.05, 3.63) is 136 Å². The molecule has 10 atom stereocenters. The number of nitrogens with zero attached hydrogens (tertiary/aromatic N) is 8. The number of aromatic amines is 3. The summed E-state index contributed by atoms with van der Waals surface area (Å²) in [6.45, 7) is 3.66. The molecule has 7 aromatic rings. The minimum Gasteiger partial charge on any atom is -0.480 e. The van der Waals surface area contributed by atoms with Gasteiger partial charge in [-0.25, -0.2) is 30.6 Å². The van der Waals surface area contributed by atoms with Gasteiger partial charge in [0, 0.05) is 99.5 Å². The van der Waals surface area contributed by atoms with E-state index in [2.05, 4.69) is 124 Å². The maximum Gasteiger partial charge on any atom is 0.326 e. The largest absolute Gasteiger partial charge is 0.480 e. The molecule has 7 rings (SSSR count). The average molecular weight is 1900 g/mol. The number of hydrogen-bond acceptors (Lipinski definition) is 32. The highest BCUT2D eigenvalue weighted by atomic mass is 16.6. The number of aliphatic carboxylic acids is 1. The van der Waals surface area contributed by atoms with Gasteiger partial charge in [-0.2, -0.15) is 4.98 Å². The zero-order valence-electron chi connectivity index (χ0n) is 75.7. The van der Waals surface area contributed by atoms with E-state index >= 15 is 0 Å². The smallest absolute Gasteiger partial charge is 0.326 e. The van der Waals surface area contributed by atoms with Gasteiger partial charge >= 0.3 is 5.97 Å². The molecule has 136 heavy (non-hydrogen) atoms. The number of carboxylic acid groups (broad SMARTS) is 1. The Morgan fingerprint density at radius 1 is 0.522 bits per heavy atom. The summed E-state index contributed by atoms with van der Waals surface area (Å²) in [4.78, 5) is 244. The van der Waals surface area contributed by atoms with Crippen LogP contribution in [0.3, 0.4) is 0 Å². The fourth-order valence-electron chi connectivity index (χ4n) is 13.3. The SMILES string of the molecule is Cc1ccc(CCCC(=O)NCCCC[C@H](NC(=O)COCCOCCOCCNC(=O)[C@H](CCCCn2cc(C[C@H](NC(=O)CC[C@H](NC(=O)c3ccc(NCc4cnc5nc(N)[nH]c(=O)c5n4)cc3)C(=O)O)C(=O)N[C@H](Cc3cnc[nH]3)C(=O)N[C@H](CO)C(=O)N[C@H](Cc3cnc[nH]3)C(N)=O)nn2)NC(=O)[C@@H](C)NC(=O)C[C@H](C)O)C(=O)N[C@@H](CCCCNC(=O)CON)C(N)=O)cc1. The molecule has 0 unspecified atom stereocenters. The van der Waals surface area contributed by atoms with E-state index < -0.39 is 181 Å². The maximum absolute atomic E-state index is 14.7. The van der Waals surface area contributed by atoms with E-state index in [1.807, 2.05) is 31.2 Å². The van der Waals surface area contributed by atoms with E-state index in [4.69, 9.17) is 37.3 Å². The predicted octanol–water partition coefficient (Wildman–Crippen LogP) is -5.60. The van der Waals surface area contributed by atoms with Crippen LogP contribution in [0.25, 0.3) is 11.2 Å². The first kappa shape index (κ1) is 109. The summed E-state index contributed by atoms with van der Waals surface area (Å²) in [7, 11) is 0. The van der Waals surface area contributed by atoms with E-state index in [1.54, 1.807) is 0 Å². The van der Waals surface area contributed by atoms with Gasteiger partial charge in [0.15, 0.2) is 11.2 Å². The molecule has 0 bridgehead atoms. The van der Waals surface area contributed by atoms with Gasteiger partial charge in [0.05, 0.1) is 89.0 Å².